The van der Waals surface area contributed by atoms with E-state index < -0.39 is 0 Å². The number of fused-ring (bicyclic) bond motifs is 1. The summed E-state index contributed by atoms with van der Waals surface area (Å²) in [5, 5.41) is 2.52. The normalized spacial score (nSPS) is 10.9. The van der Waals surface area contributed by atoms with E-state index in [4.69, 9.17) is 5.73 Å². The summed E-state index contributed by atoms with van der Waals surface area (Å²) in [6.07, 6.45) is 1.80. The molecule has 0 aliphatic carbocycles. The summed E-state index contributed by atoms with van der Waals surface area (Å²) in [6.45, 7) is 2.78. The van der Waals surface area contributed by atoms with E-state index in [2.05, 4.69) is 47.4 Å². The molecule has 3 nitrogen and oxygen atoms in total. The van der Waals surface area contributed by atoms with Crippen molar-refractivity contribution in [2.24, 2.45) is 0 Å². The molecule has 0 unspecified atom stereocenters. The molecule has 1 aromatic heterocycles. The number of nitrogens with two attached hydrogens (primary N) is 1. The third kappa shape index (κ3) is 1.84. The first-order chi connectivity index (χ1) is 8.74. The summed E-state index contributed by atoms with van der Waals surface area (Å²) in [4.78, 5) is 4.12. The monoisotopic (exact) mass is 237 g/mol. The van der Waals surface area contributed by atoms with Gasteiger partial charge in [-0.2, -0.15) is 0 Å². The van der Waals surface area contributed by atoms with Crippen molar-refractivity contribution in [3.05, 3.63) is 59.9 Å². The molecule has 0 radical (unpaired) electrons. The van der Waals surface area contributed by atoms with Gasteiger partial charge in [0.1, 0.15) is 0 Å². The van der Waals surface area contributed by atoms with Crippen LogP contribution < -0.4 is 5.73 Å². The van der Waals surface area contributed by atoms with Gasteiger partial charge in [-0.3, -0.25) is 0 Å². The van der Waals surface area contributed by atoms with Gasteiger partial charge in [0, 0.05) is 5.69 Å². The maximum absolute atomic E-state index is 5.85. The van der Waals surface area contributed by atoms with Crippen LogP contribution in [0.4, 0.5) is 5.95 Å². The van der Waals surface area contributed by atoms with Crippen molar-refractivity contribution in [3.8, 4) is 0 Å². The first-order valence-corrected chi connectivity index (χ1v) is 5.99. The second-order valence-electron chi connectivity index (χ2n) is 4.53. The molecule has 0 atom stereocenters. The maximum Gasteiger partial charge on any atom is 0.200 e. The molecule has 0 saturated heterocycles. The lowest BCUT2D eigenvalue weighted by Gasteiger charge is -2.08. The highest BCUT2D eigenvalue weighted by Gasteiger charge is 2.04. The number of hydrogen-bond acceptors (Lipinski definition) is 2. The SMILES string of the molecule is Cc1cnc(N)n1Cc1ccc2ccccc2c1. The highest BCUT2D eigenvalue weighted by molar-refractivity contribution is 5.82. The van der Waals surface area contributed by atoms with Crippen molar-refractivity contribution in [3.63, 3.8) is 0 Å². The molecular weight excluding hydrogens is 222 g/mol. The number of aryl methyl sites for hydroxylation is 1. The quantitative estimate of drug-likeness (QED) is 0.744. The van der Waals surface area contributed by atoms with Crippen LogP contribution in [0.25, 0.3) is 10.8 Å². The Bertz CT molecular complexity index is 678. The number of aromatic nitrogens is 2. The highest BCUT2D eigenvalue weighted by Crippen LogP contribution is 2.17. The lowest BCUT2D eigenvalue weighted by molar-refractivity contribution is 0.784. The van der Waals surface area contributed by atoms with Gasteiger partial charge in [-0.1, -0.05) is 36.4 Å². The van der Waals surface area contributed by atoms with Gasteiger partial charge in [0.2, 0.25) is 5.95 Å². The van der Waals surface area contributed by atoms with E-state index in [0.717, 1.165) is 12.2 Å². The van der Waals surface area contributed by atoms with Crippen LogP contribution in [0.3, 0.4) is 0 Å². The minimum Gasteiger partial charge on any atom is -0.369 e. The van der Waals surface area contributed by atoms with Gasteiger partial charge in [0.05, 0.1) is 12.7 Å². The summed E-state index contributed by atoms with van der Waals surface area (Å²) in [6, 6.07) is 14.9. The number of hydrogen-bond donors (Lipinski definition) is 1. The lowest BCUT2D eigenvalue weighted by Crippen LogP contribution is -2.06. The van der Waals surface area contributed by atoms with Crippen LogP contribution in [0.1, 0.15) is 11.3 Å². The molecule has 1 heterocycles. The zero-order valence-corrected chi connectivity index (χ0v) is 10.3. The van der Waals surface area contributed by atoms with Gasteiger partial charge in [-0.15, -0.1) is 0 Å². The standard InChI is InChI=1S/C15H15N3/c1-11-9-17-15(16)18(11)10-12-6-7-13-4-2-3-5-14(13)8-12/h2-9H,10H2,1H3,(H2,16,17). The molecule has 0 spiro atoms. The molecule has 0 aliphatic rings. The molecule has 0 fully saturated rings. The van der Waals surface area contributed by atoms with E-state index in [1.54, 1.807) is 6.20 Å². The van der Waals surface area contributed by atoms with E-state index >= 15 is 0 Å². The van der Waals surface area contributed by atoms with Crippen LogP contribution >= 0.6 is 0 Å². The summed E-state index contributed by atoms with van der Waals surface area (Å²) in [5.41, 5.74) is 8.18. The smallest absolute Gasteiger partial charge is 0.200 e. The average molecular weight is 237 g/mol. The molecule has 2 N–H and O–H groups in total. The Morgan fingerprint density at radius 1 is 1.11 bits per heavy atom. The van der Waals surface area contributed by atoms with E-state index in [0.29, 0.717) is 5.95 Å². The Kier molecular flexibility index (Phi) is 2.52. The van der Waals surface area contributed by atoms with E-state index in [9.17, 15) is 0 Å². The fourth-order valence-corrected chi connectivity index (χ4v) is 2.21. The Balaban J connectivity index is 2.00. The van der Waals surface area contributed by atoms with Crippen molar-refractivity contribution >= 4 is 16.7 Å². The van der Waals surface area contributed by atoms with E-state index in [-0.39, 0.29) is 0 Å². The molecule has 0 saturated carbocycles. The van der Waals surface area contributed by atoms with Crippen LogP contribution in [-0.4, -0.2) is 9.55 Å². The topological polar surface area (TPSA) is 43.8 Å². The molecule has 3 rings (SSSR count). The van der Waals surface area contributed by atoms with Crippen molar-refractivity contribution in [2.45, 2.75) is 13.5 Å². The van der Waals surface area contributed by atoms with Crippen LogP contribution in [0.5, 0.6) is 0 Å². The molecule has 0 bridgehead atoms. The summed E-state index contributed by atoms with van der Waals surface area (Å²) in [5.74, 6) is 0.570. The van der Waals surface area contributed by atoms with Crippen LogP contribution in [0.15, 0.2) is 48.7 Å². The maximum atomic E-state index is 5.85. The van der Waals surface area contributed by atoms with Crippen molar-refractivity contribution in [1.82, 2.24) is 9.55 Å². The van der Waals surface area contributed by atoms with Gasteiger partial charge >= 0.3 is 0 Å². The second-order valence-corrected chi connectivity index (χ2v) is 4.53. The van der Waals surface area contributed by atoms with Gasteiger partial charge in [0.15, 0.2) is 0 Å². The third-order valence-electron chi connectivity index (χ3n) is 3.24. The Morgan fingerprint density at radius 3 is 2.61 bits per heavy atom. The predicted molar refractivity (Wildman–Crippen MR) is 74.4 cm³/mol. The predicted octanol–water partition coefficient (Wildman–Crippen LogP) is 2.98. The van der Waals surface area contributed by atoms with Gasteiger partial charge in [-0.25, -0.2) is 4.98 Å². The van der Waals surface area contributed by atoms with Crippen molar-refractivity contribution in [1.29, 1.82) is 0 Å². The zero-order chi connectivity index (χ0) is 12.5. The van der Waals surface area contributed by atoms with E-state index in [1.165, 1.54) is 16.3 Å². The lowest BCUT2D eigenvalue weighted by atomic mass is 10.1. The van der Waals surface area contributed by atoms with Gasteiger partial charge < -0.3 is 10.3 Å². The zero-order valence-electron chi connectivity index (χ0n) is 10.3. The first kappa shape index (κ1) is 10.8. The number of benzene rings is 2. The number of nitrogens with zero attached hydrogens (tertiary/aromatic N) is 2. The molecule has 18 heavy (non-hydrogen) atoms. The molecule has 2 aromatic carbocycles. The molecule has 3 aromatic rings. The molecule has 0 amide bonds. The van der Waals surface area contributed by atoms with Crippen molar-refractivity contribution < 1.29 is 0 Å². The average Bonchev–Trinajstić information content (AvgIpc) is 2.70. The third-order valence-corrected chi connectivity index (χ3v) is 3.24. The molecule has 0 aliphatic heterocycles. The van der Waals surface area contributed by atoms with Crippen LogP contribution in [0, 0.1) is 6.92 Å². The molecular formula is C15H15N3. The number of imidazole rings is 1. The summed E-state index contributed by atoms with van der Waals surface area (Å²) in [7, 11) is 0. The van der Waals surface area contributed by atoms with Crippen LogP contribution in [-0.2, 0) is 6.54 Å². The highest BCUT2D eigenvalue weighted by atomic mass is 15.1. The summed E-state index contributed by atoms with van der Waals surface area (Å²) < 4.78 is 2.02. The Hall–Kier alpha value is -2.29. The second kappa shape index (κ2) is 4.18. The van der Waals surface area contributed by atoms with Gasteiger partial charge in [-0.05, 0) is 29.3 Å². The molecule has 3 heteroatoms. The largest absolute Gasteiger partial charge is 0.369 e. The minimum absolute atomic E-state index is 0.570. The first-order valence-electron chi connectivity index (χ1n) is 5.99. The fourth-order valence-electron chi connectivity index (χ4n) is 2.21. The number of nitrogen functional groups attached to an aromatic ring is 1. The Labute approximate surface area is 106 Å². The van der Waals surface area contributed by atoms with Gasteiger partial charge in [0.25, 0.3) is 0 Å². The van der Waals surface area contributed by atoms with Crippen molar-refractivity contribution in [2.75, 3.05) is 5.73 Å². The van der Waals surface area contributed by atoms with E-state index in [1.807, 2.05) is 11.5 Å². The minimum atomic E-state index is 0.570. The number of rotatable bonds is 2. The molecule has 90 valence electrons. The number of anilines is 1. The van der Waals surface area contributed by atoms with Crippen LogP contribution in [0.2, 0.25) is 0 Å². The fraction of sp³-hybridized carbons (Fsp3) is 0.133. The Morgan fingerprint density at radius 2 is 1.89 bits per heavy atom. The summed E-state index contributed by atoms with van der Waals surface area (Å²) >= 11 is 0.